The van der Waals surface area contributed by atoms with Crippen LogP contribution in [0.3, 0.4) is 0 Å². The summed E-state index contributed by atoms with van der Waals surface area (Å²) >= 11 is 0. The van der Waals surface area contributed by atoms with E-state index < -0.39 is 16.0 Å². The van der Waals surface area contributed by atoms with Gasteiger partial charge < -0.3 is 9.84 Å². The van der Waals surface area contributed by atoms with Gasteiger partial charge in [-0.05, 0) is 31.0 Å². The molecule has 0 saturated carbocycles. The van der Waals surface area contributed by atoms with Crippen LogP contribution in [0.1, 0.15) is 23.2 Å². The SMILES string of the molecule is O=C(O)c1cccc(S(=O)(=O)N2CC3CCC(C2)O3)c1. The Hall–Kier alpha value is -1.44. The first-order valence-electron chi connectivity index (χ1n) is 6.46. The zero-order chi connectivity index (χ0) is 14.3. The molecule has 2 aliphatic rings. The molecule has 7 heteroatoms. The first kappa shape index (κ1) is 13.5. The number of benzene rings is 1. The van der Waals surface area contributed by atoms with E-state index in [1.807, 2.05) is 0 Å². The normalized spacial score (nSPS) is 26.6. The first-order valence-corrected chi connectivity index (χ1v) is 7.90. The molecule has 0 radical (unpaired) electrons. The quantitative estimate of drug-likeness (QED) is 0.897. The predicted octanol–water partition coefficient (Wildman–Crippen LogP) is 0.937. The van der Waals surface area contributed by atoms with E-state index in [9.17, 15) is 13.2 Å². The van der Waals surface area contributed by atoms with Gasteiger partial charge in [0.25, 0.3) is 0 Å². The topological polar surface area (TPSA) is 83.9 Å². The van der Waals surface area contributed by atoms with Crippen LogP contribution < -0.4 is 0 Å². The highest BCUT2D eigenvalue weighted by Crippen LogP contribution is 2.30. The summed E-state index contributed by atoms with van der Waals surface area (Å²) in [5.41, 5.74) is -0.0256. The highest BCUT2D eigenvalue weighted by atomic mass is 32.2. The molecule has 3 rings (SSSR count). The Morgan fingerprint density at radius 2 is 1.90 bits per heavy atom. The number of carboxylic acids is 1. The number of nitrogens with zero attached hydrogens (tertiary/aromatic N) is 1. The summed E-state index contributed by atoms with van der Waals surface area (Å²) in [6, 6.07) is 5.46. The molecule has 0 aromatic heterocycles. The lowest BCUT2D eigenvalue weighted by Crippen LogP contribution is -2.45. The lowest BCUT2D eigenvalue weighted by molar-refractivity contribution is -0.0114. The Bertz CT molecular complexity index is 630. The number of aromatic carboxylic acids is 1. The average molecular weight is 297 g/mol. The van der Waals surface area contributed by atoms with Crippen LogP contribution in [-0.4, -0.2) is 49.1 Å². The molecular formula is C13H15NO5S. The number of carbonyl (C=O) groups is 1. The summed E-state index contributed by atoms with van der Waals surface area (Å²) in [6.07, 6.45) is 1.69. The zero-order valence-electron chi connectivity index (χ0n) is 10.7. The van der Waals surface area contributed by atoms with Crippen LogP contribution in [0.4, 0.5) is 0 Å². The minimum Gasteiger partial charge on any atom is -0.478 e. The van der Waals surface area contributed by atoms with Crippen LogP contribution >= 0.6 is 0 Å². The summed E-state index contributed by atoms with van der Waals surface area (Å²) in [5, 5.41) is 8.95. The van der Waals surface area contributed by atoms with Crippen LogP contribution in [0.5, 0.6) is 0 Å². The Morgan fingerprint density at radius 3 is 2.50 bits per heavy atom. The summed E-state index contributed by atoms with van der Waals surface area (Å²) < 4.78 is 32.1. The monoisotopic (exact) mass is 297 g/mol. The Balaban J connectivity index is 1.92. The van der Waals surface area contributed by atoms with Gasteiger partial charge in [-0.1, -0.05) is 6.07 Å². The van der Waals surface area contributed by atoms with E-state index in [0.29, 0.717) is 13.1 Å². The number of fused-ring (bicyclic) bond motifs is 2. The van der Waals surface area contributed by atoms with Crippen molar-refractivity contribution in [2.45, 2.75) is 29.9 Å². The standard InChI is InChI=1S/C13H15NO5S/c15-13(16)9-2-1-3-12(6-9)20(17,18)14-7-10-4-5-11(8-14)19-10/h1-3,6,10-11H,4-5,7-8H2,(H,15,16). The second-order valence-electron chi connectivity index (χ2n) is 5.11. The van der Waals surface area contributed by atoms with Gasteiger partial charge in [-0.15, -0.1) is 0 Å². The third-order valence-corrected chi connectivity index (χ3v) is 5.56. The van der Waals surface area contributed by atoms with Crippen molar-refractivity contribution in [2.75, 3.05) is 13.1 Å². The van der Waals surface area contributed by atoms with E-state index in [4.69, 9.17) is 9.84 Å². The van der Waals surface area contributed by atoms with Crippen LogP contribution in [0.25, 0.3) is 0 Å². The molecule has 1 aromatic carbocycles. The molecule has 0 spiro atoms. The van der Waals surface area contributed by atoms with Crippen molar-refractivity contribution in [2.24, 2.45) is 0 Å². The fourth-order valence-electron chi connectivity index (χ4n) is 2.71. The summed E-state index contributed by atoms with van der Waals surface area (Å²) in [7, 11) is -3.65. The van der Waals surface area contributed by atoms with Gasteiger partial charge in [0.05, 0.1) is 22.7 Å². The number of rotatable bonds is 3. The van der Waals surface area contributed by atoms with E-state index in [2.05, 4.69) is 0 Å². The fraction of sp³-hybridized carbons (Fsp3) is 0.462. The molecule has 20 heavy (non-hydrogen) atoms. The maximum atomic E-state index is 12.6. The third kappa shape index (κ3) is 2.32. The van der Waals surface area contributed by atoms with Crippen LogP contribution in [0, 0.1) is 0 Å². The van der Waals surface area contributed by atoms with E-state index in [1.54, 1.807) is 0 Å². The lowest BCUT2D eigenvalue weighted by atomic mass is 10.2. The van der Waals surface area contributed by atoms with Crippen molar-refractivity contribution in [3.8, 4) is 0 Å². The van der Waals surface area contributed by atoms with Gasteiger partial charge >= 0.3 is 5.97 Å². The molecule has 2 aliphatic heterocycles. The molecule has 0 aliphatic carbocycles. The molecule has 0 amide bonds. The van der Waals surface area contributed by atoms with Crippen molar-refractivity contribution in [3.63, 3.8) is 0 Å². The molecule has 6 nitrogen and oxygen atoms in total. The Kier molecular flexibility index (Phi) is 3.27. The van der Waals surface area contributed by atoms with Gasteiger partial charge in [0.15, 0.2) is 0 Å². The molecule has 2 heterocycles. The van der Waals surface area contributed by atoms with E-state index in [0.717, 1.165) is 12.8 Å². The highest BCUT2D eigenvalue weighted by Gasteiger charge is 2.39. The molecule has 2 bridgehead atoms. The molecule has 2 saturated heterocycles. The zero-order valence-corrected chi connectivity index (χ0v) is 11.5. The molecule has 1 aromatic rings. The van der Waals surface area contributed by atoms with Crippen molar-refractivity contribution in [3.05, 3.63) is 29.8 Å². The number of sulfonamides is 1. The van der Waals surface area contributed by atoms with E-state index in [1.165, 1.54) is 28.6 Å². The van der Waals surface area contributed by atoms with Crippen LogP contribution in [-0.2, 0) is 14.8 Å². The number of morpholine rings is 1. The second kappa shape index (κ2) is 4.83. The van der Waals surface area contributed by atoms with Crippen LogP contribution in [0.15, 0.2) is 29.2 Å². The average Bonchev–Trinajstić information content (AvgIpc) is 2.77. The number of carboxylic acid groups (broad SMARTS) is 1. The maximum absolute atomic E-state index is 12.6. The highest BCUT2D eigenvalue weighted by molar-refractivity contribution is 7.89. The van der Waals surface area contributed by atoms with Gasteiger partial charge in [-0.25, -0.2) is 13.2 Å². The Labute approximate surface area is 117 Å². The molecule has 2 fully saturated rings. The van der Waals surface area contributed by atoms with Gasteiger partial charge in [0.1, 0.15) is 0 Å². The van der Waals surface area contributed by atoms with Gasteiger partial charge in [0, 0.05) is 13.1 Å². The third-order valence-electron chi connectivity index (χ3n) is 3.73. The smallest absolute Gasteiger partial charge is 0.335 e. The fourth-order valence-corrected chi connectivity index (χ4v) is 4.26. The first-order chi connectivity index (χ1) is 9.46. The summed E-state index contributed by atoms with van der Waals surface area (Å²) in [5.74, 6) is -1.14. The predicted molar refractivity (Wildman–Crippen MR) is 70.1 cm³/mol. The number of hydrogen-bond donors (Lipinski definition) is 1. The van der Waals surface area contributed by atoms with Crippen LogP contribution in [0.2, 0.25) is 0 Å². The largest absolute Gasteiger partial charge is 0.478 e. The van der Waals surface area contributed by atoms with Gasteiger partial charge in [-0.3, -0.25) is 0 Å². The van der Waals surface area contributed by atoms with E-state index in [-0.39, 0.29) is 22.7 Å². The van der Waals surface area contributed by atoms with Crippen molar-refractivity contribution in [1.82, 2.24) is 4.31 Å². The number of hydrogen-bond acceptors (Lipinski definition) is 4. The summed E-state index contributed by atoms with van der Waals surface area (Å²) in [6.45, 7) is 0.687. The second-order valence-corrected chi connectivity index (χ2v) is 7.05. The minimum atomic E-state index is -3.65. The maximum Gasteiger partial charge on any atom is 0.335 e. The van der Waals surface area contributed by atoms with E-state index >= 15 is 0 Å². The van der Waals surface area contributed by atoms with Crippen molar-refractivity contribution >= 4 is 16.0 Å². The molecule has 1 N–H and O–H groups in total. The molecule has 2 unspecified atom stereocenters. The molecule has 2 atom stereocenters. The Morgan fingerprint density at radius 1 is 1.25 bits per heavy atom. The van der Waals surface area contributed by atoms with Crippen molar-refractivity contribution < 1.29 is 23.1 Å². The summed E-state index contributed by atoms with van der Waals surface area (Å²) in [4.78, 5) is 11.0. The number of ether oxygens (including phenoxy) is 1. The lowest BCUT2D eigenvalue weighted by Gasteiger charge is -2.31. The molecule has 108 valence electrons. The molecular weight excluding hydrogens is 282 g/mol. The van der Waals surface area contributed by atoms with Crippen molar-refractivity contribution in [1.29, 1.82) is 0 Å². The van der Waals surface area contributed by atoms with Gasteiger partial charge in [-0.2, -0.15) is 4.31 Å². The minimum absolute atomic E-state index is 0.0256. The van der Waals surface area contributed by atoms with Gasteiger partial charge in [0.2, 0.25) is 10.0 Å².